The fraction of sp³-hybridized carbons (Fsp3) is 0.588. The molecule has 1 saturated carbocycles. The average molecular weight is 259 g/mol. The van der Waals surface area contributed by atoms with Crippen molar-refractivity contribution >= 4 is 11.5 Å². The zero-order valence-electron chi connectivity index (χ0n) is 12.3. The summed E-state index contributed by atoms with van der Waals surface area (Å²) in [5.74, 6) is 0.214. The Bertz CT molecular complexity index is 423. The van der Waals surface area contributed by atoms with Crippen molar-refractivity contribution in [2.45, 2.75) is 58.9 Å². The van der Waals surface area contributed by atoms with E-state index in [2.05, 4.69) is 19.2 Å². The van der Waals surface area contributed by atoms with E-state index in [1.807, 2.05) is 31.2 Å². The Labute approximate surface area is 116 Å². The molecule has 0 bridgehead atoms. The highest BCUT2D eigenvalue weighted by atomic mass is 16.1. The minimum absolute atomic E-state index is 0.214. The van der Waals surface area contributed by atoms with Gasteiger partial charge in [0.05, 0.1) is 0 Å². The first-order chi connectivity index (χ1) is 9.00. The molecule has 0 aliphatic heterocycles. The molecule has 0 radical (unpaired) electrons. The summed E-state index contributed by atoms with van der Waals surface area (Å²) in [6, 6.07) is 8.51. The van der Waals surface area contributed by atoms with Gasteiger partial charge in [-0.1, -0.05) is 20.8 Å². The lowest BCUT2D eigenvalue weighted by molar-refractivity contribution is 0.0988. The summed E-state index contributed by atoms with van der Waals surface area (Å²) in [5, 5.41) is 3.59. The number of carbonyl (C=O) groups is 1. The molecule has 0 spiro atoms. The van der Waals surface area contributed by atoms with Crippen LogP contribution in [0.4, 0.5) is 5.69 Å². The molecule has 1 N–H and O–H groups in total. The third-order valence-corrected chi connectivity index (χ3v) is 4.24. The predicted molar refractivity (Wildman–Crippen MR) is 80.7 cm³/mol. The molecule has 1 aromatic rings. The van der Waals surface area contributed by atoms with Gasteiger partial charge in [-0.25, -0.2) is 0 Å². The van der Waals surface area contributed by atoms with Gasteiger partial charge in [0.1, 0.15) is 0 Å². The summed E-state index contributed by atoms with van der Waals surface area (Å²) in [4.78, 5) is 11.6. The third-order valence-electron chi connectivity index (χ3n) is 4.24. The summed E-state index contributed by atoms with van der Waals surface area (Å²) in [6.45, 7) is 6.61. The van der Waals surface area contributed by atoms with Crippen LogP contribution in [-0.2, 0) is 0 Å². The Morgan fingerprint density at radius 3 is 2.32 bits per heavy atom. The second-order valence-corrected chi connectivity index (χ2v) is 6.44. The Hall–Kier alpha value is -1.31. The predicted octanol–water partition coefficient (Wildman–Crippen LogP) is 4.66. The molecule has 1 aliphatic carbocycles. The van der Waals surface area contributed by atoms with Crippen molar-refractivity contribution in [3.63, 3.8) is 0 Å². The zero-order valence-corrected chi connectivity index (χ0v) is 12.3. The van der Waals surface area contributed by atoms with Crippen LogP contribution < -0.4 is 5.32 Å². The molecular formula is C17H25NO. The van der Waals surface area contributed by atoms with Crippen LogP contribution in [0.25, 0.3) is 0 Å². The molecular weight excluding hydrogens is 234 g/mol. The number of hydrogen-bond acceptors (Lipinski definition) is 2. The number of carbonyl (C=O) groups excluding carboxylic acids is 1. The van der Waals surface area contributed by atoms with E-state index in [1.165, 1.54) is 25.7 Å². The lowest BCUT2D eigenvalue weighted by atomic mass is 9.75. The third kappa shape index (κ3) is 3.82. The van der Waals surface area contributed by atoms with Crippen molar-refractivity contribution in [3.8, 4) is 0 Å². The highest BCUT2D eigenvalue weighted by molar-refractivity contribution is 5.96. The second-order valence-electron chi connectivity index (χ2n) is 6.44. The van der Waals surface area contributed by atoms with Crippen molar-refractivity contribution in [2.24, 2.45) is 5.41 Å². The normalized spacial score (nSPS) is 19.1. The molecule has 1 fully saturated rings. The number of ketones is 1. The molecule has 0 heterocycles. The van der Waals surface area contributed by atoms with Crippen molar-refractivity contribution in [3.05, 3.63) is 29.8 Å². The lowest BCUT2D eigenvalue weighted by Crippen LogP contribution is -2.29. The number of nitrogens with one attached hydrogen (secondary N) is 1. The smallest absolute Gasteiger partial charge is 0.162 e. The van der Waals surface area contributed by atoms with Gasteiger partial charge in [-0.15, -0.1) is 0 Å². The number of Topliss-reactive ketones (excluding diaryl/α,β-unsaturated/α-hetero) is 1. The highest BCUT2D eigenvalue weighted by Crippen LogP contribution is 2.36. The van der Waals surface area contributed by atoms with Crippen molar-refractivity contribution < 1.29 is 4.79 Å². The maximum atomic E-state index is 11.6. The highest BCUT2D eigenvalue weighted by Gasteiger charge is 2.26. The SMILES string of the molecule is CCC(=O)c1ccc(NC2CCC(C)(C)CC2)cc1. The van der Waals surface area contributed by atoms with E-state index < -0.39 is 0 Å². The van der Waals surface area contributed by atoms with Crippen LogP contribution in [0.2, 0.25) is 0 Å². The first kappa shape index (κ1) is 14.1. The molecule has 2 nitrogen and oxygen atoms in total. The van der Waals surface area contributed by atoms with Gasteiger partial charge >= 0.3 is 0 Å². The van der Waals surface area contributed by atoms with Crippen molar-refractivity contribution in [1.29, 1.82) is 0 Å². The van der Waals surface area contributed by atoms with E-state index in [1.54, 1.807) is 0 Å². The van der Waals surface area contributed by atoms with Gasteiger partial charge in [-0.3, -0.25) is 4.79 Å². The van der Waals surface area contributed by atoms with Gasteiger partial charge in [0.25, 0.3) is 0 Å². The van der Waals surface area contributed by atoms with Gasteiger partial charge in [0, 0.05) is 23.7 Å². The Morgan fingerprint density at radius 1 is 1.21 bits per heavy atom. The van der Waals surface area contributed by atoms with Crippen molar-refractivity contribution in [2.75, 3.05) is 5.32 Å². The first-order valence-corrected chi connectivity index (χ1v) is 7.40. The van der Waals surface area contributed by atoms with Crippen LogP contribution in [0.3, 0.4) is 0 Å². The minimum Gasteiger partial charge on any atom is -0.382 e. The summed E-state index contributed by atoms with van der Waals surface area (Å²) in [7, 11) is 0. The van der Waals surface area contributed by atoms with E-state index in [4.69, 9.17) is 0 Å². The van der Waals surface area contributed by atoms with Crippen LogP contribution >= 0.6 is 0 Å². The molecule has 0 aromatic heterocycles. The van der Waals surface area contributed by atoms with E-state index in [9.17, 15) is 4.79 Å². The molecule has 1 aromatic carbocycles. The Morgan fingerprint density at radius 2 is 1.79 bits per heavy atom. The summed E-state index contributed by atoms with van der Waals surface area (Å²) in [5.41, 5.74) is 2.46. The van der Waals surface area contributed by atoms with Gasteiger partial charge < -0.3 is 5.32 Å². The van der Waals surface area contributed by atoms with Crippen LogP contribution in [0.1, 0.15) is 63.2 Å². The van der Waals surface area contributed by atoms with E-state index in [0.29, 0.717) is 17.9 Å². The van der Waals surface area contributed by atoms with E-state index >= 15 is 0 Å². The summed E-state index contributed by atoms with van der Waals surface area (Å²) < 4.78 is 0. The molecule has 0 saturated heterocycles. The minimum atomic E-state index is 0.214. The van der Waals surface area contributed by atoms with Crippen molar-refractivity contribution in [1.82, 2.24) is 0 Å². The number of rotatable bonds is 4. The molecule has 19 heavy (non-hydrogen) atoms. The molecule has 1 aliphatic rings. The summed E-state index contributed by atoms with van der Waals surface area (Å²) >= 11 is 0. The molecule has 2 rings (SSSR count). The van der Waals surface area contributed by atoms with E-state index in [0.717, 1.165) is 11.3 Å². The monoisotopic (exact) mass is 259 g/mol. The quantitative estimate of drug-likeness (QED) is 0.797. The summed E-state index contributed by atoms with van der Waals surface area (Å²) in [6.07, 6.45) is 5.63. The van der Waals surface area contributed by atoms with Crippen LogP contribution in [0.15, 0.2) is 24.3 Å². The number of anilines is 1. The van der Waals surface area contributed by atoms with Crippen LogP contribution in [-0.4, -0.2) is 11.8 Å². The molecule has 104 valence electrons. The fourth-order valence-electron chi connectivity index (χ4n) is 2.74. The number of hydrogen-bond donors (Lipinski definition) is 1. The Balaban J connectivity index is 1.92. The van der Waals surface area contributed by atoms with Crippen LogP contribution in [0.5, 0.6) is 0 Å². The maximum absolute atomic E-state index is 11.6. The molecule has 0 unspecified atom stereocenters. The second kappa shape index (κ2) is 5.77. The largest absolute Gasteiger partial charge is 0.382 e. The fourth-order valence-corrected chi connectivity index (χ4v) is 2.74. The van der Waals surface area contributed by atoms with E-state index in [-0.39, 0.29) is 5.78 Å². The molecule has 0 amide bonds. The number of benzene rings is 1. The topological polar surface area (TPSA) is 29.1 Å². The first-order valence-electron chi connectivity index (χ1n) is 7.40. The maximum Gasteiger partial charge on any atom is 0.162 e. The lowest BCUT2D eigenvalue weighted by Gasteiger charge is -2.35. The average Bonchev–Trinajstić information content (AvgIpc) is 2.41. The Kier molecular flexibility index (Phi) is 4.28. The standard InChI is InChI=1S/C17H25NO/c1-4-16(19)13-5-7-14(8-6-13)18-15-9-11-17(2,3)12-10-15/h5-8,15,18H,4,9-12H2,1-3H3. The van der Waals surface area contributed by atoms with Gasteiger partial charge in [0.2, 0.25) is 0 Å². The zero-order chi connectivity index (χ0) is 13.9. The molecule has 2 heteroatoms. The van der Waals surface area contributed by atoms with Gasteiger partial charge in [-0.05, 0) is 55.4 Å². The van der Waals surface area contributed by atoms with Crippen LogP contribution in [0, 0.1) is 5.41 Å². The van der Waals surface area contributed by atoms with Gasteiger partial charge in [-0.2, -0.15) is 0 Å². The molecule has 0 atom stereocenters. The van der Waals surface area contributed by atoms with Gasteiger partial charge in [0.15, 0.2) is 5.78 Å².